The molecule has 0 bridgehead atoms. The molecule has 3 aromatic heterocycles. The van der Waals surface area contributed by atoms with Crippen molar-refractivity contribution in [2.45, 2.75) is 6.10 Å². The molecule has 2 fully saturated rings. The first kappa shape index (κ1) is 19.5. The highest BCUT2D eigenvalue weighted by molar-refractivity contribution is 5.94. The number of nitrogens with zero attached hydrogens (tertiary/aromatic N) is 4. The summed E-state index contributed by atoms with van der Waals surface area (Å²) in [5.74, 6) is 1.24. The quantitative estimate of drug-likeness (QED) is 0.511. The van der Waals surface area contributed by atoms with Crippen LogP contribution in [0, 0.1) is 0 Å². The standard InChI is InChI=1S/C23H25N5O4/c1-2-18(27-7-10-29-11-8-27)17-12-21(32-20(17)3-1)19-14-25-22-4-5-23(26-28(19)22)31-15-16-13-24-6-9-30-16/h1-5,12,14,16,24H,6-11,13,15H2. The van der Waals surface area contributed by atoms with Crippen molar-refractivity contribution in [3.8, 4) is 17.3 Å². The van der Waals surface area contributed by atoms with Gasteiger partial charge in [0, 0.05) is 43.3 Å². The van der Waals surface area contributed by atoms with E-state index in [1.54, 1.807) is 10.7 Å². The number of aromatic nitrogens is 3. The van der Waals surface area contributed by atoms with Gasteiger partial charge in [0.1, 0.15) is 24.0 Å². The minimum atomic E-state index is 0.0254. The van der Waals surface area contributed by atoms with Crippen LogP contribution in [0.2, 0.25) is 0 Å². The van der Waals surface area contributed by atoms with Gasteiger partial charge in [0.15, 0.2) is 11.4 Å². The number of anilines is 1. The molecule has 0 saturated carbocycles. The molecule has 2 saturated heterocycles. The fourth-order valence-electron chi connectivity index (χ4n) is 4.26. The van der Waals surface area contributed by atoms with Crippen LogP contribution < -0.4 is 15.0 Å². The molecule has 1 unspecified atom stereocenters. The van der Waals surface area contributed by atoms with Crippen molar-refractivity contribution in [1.82, 2.24) is 19.9 Å². The van der Waals surface area contributed by atoms with Gasteiger partial charge in [0.25, 0.3) is 0 Å². The zero-order chi connectivity index (χ0) is 21.3. The Labute approximate surface area is 184 Å². The summed E-state index contributed by atoms with van der Waals surface area (Å²) in [5.41, 5.74) is 3.52. The van der Waals surface area contributed by atoms with Gasteiger partial charge in [-0.15, -0.1) is 5.10 Å². The van der Waals surface area contributed by atoms with Crippen molar-refractivity contribution >= 4 is 22.3 Å². The molecule has 5 heterocycles. The molecular formula is C23H25N5O4. The zero-order valence-electron chi connectivity index (χ0n) is 17.7. The van der Waals surface area contributed by atoms with Crippen LogP contribution in [0.1, 0.15) is 0 Å². The number of fused-ring (bicyclic) bond motifs is 2. The number of nitrogens with one attached hydrogen (secondary N) is 1. The monoisotopic (exact) mass is 435 g/mol. The van der Waals surface area contributed by atoms with Gasteiger partial charge in [-0.1, -0.05) is 6.07 Å². The minimum absolute atomic E-state index is 0.0254. The van der Waals surface area contributed by atoms with Crippen LogP contribution in [-0.2, 0) is 9.47 Å². The Kier molecular flexibility index (Phi) is 5.14. The van der Waals surface area contributed by atoms with Crippen LogP contribution >= 0.6 is 0 Å². The van der Waals surface area contributed by atoms with E-state index >= 15 is 0 Å². The predicted molar refractivity (Wildman–Crippen MR) is 119 cm³/mol. The molecule has 9 nitrogen and oxygen atoms in total. The third-order valence-electron chi connectivity index (χ3n) is 5.90. The van der Waals surface area contributed by atoms with Gasteiger partial charge in [-0.2, -0.15) is 0 Å². The Morgan fingerprint density at radius 2 is 2.06 bits per heavy atom. The number of morpholine rings is 2. The van der Waals surface area contributed by atoms with E-state index in [2.05, 4.69) is 32.4 Å². The molecule has 1 aromatic carbocycles. The summed E-state index contributed by atoms with van der Waals surface area (Å²) in [5, 5.41) is 9.03. The second kappa shape index (κ2) is 8.42. The maximum atomic E-state index is 6.22. The van der Waals surface area contributed by atoms with Crippen molar-refractivity contribution < 1.29 is 18.6 Å². The van der Waals surface area contributed by atoms with Gasteiger partial charge in [-0.05, 0) is 24.3 Å². The fourth-order valence-corrected chi connectivity index (χ4v) is 4.26. The van der Waals surface area contributed by atoms with Crippen molar-refractivity contribution in [3.63, 3.8) is 0 Å². The third-order valence-corrected chi connectivity index (χ3v) is 5.90. The molecule has 1 N–H and O–H groups in total. The molecule has 1 atom stereocenters. The van der Waals surface area contributed by atoms with Gasteiger partial charge in [-0.25, -0.2) is 9.50 Å². The molecule has 0 aliphatic carbocycles. The second-order valence-electron chi connectivity index (χ2n) is 7.99. The van der Waals surface area contributed by atoms with E-state index in [0.29, 0.717) is 19.1 Å². The summed E-state index contributed by atoms with van der Waals surface area (Å²) < 4.78 is 25.1. The van der Waals surface area contributed by atoms with Crippen molar-refractivity contribution in [3.05, 3.63) is 42.6 Å². The van der Waals surface area contributed by atoms with Crippen LogP contribution in [0.25, 0.3) is 28.1 Å². The lowest BCUT2D eigenvalue weighted by molar-refractivity contribution is -0.000968. The van der Waals surface area contributed by atoms with Gasteiger partial charge in [-0.3, -0.25) is 0 Å². The van der Waals surface area contributed by atoms with Crippen LogP contribution in [-0.4, -0.2) is 73.3 Å². The van der Waals surface area contributed by atoms with Crippen LogP contribution in [0.4, 0.5) is 5.69 Å². The first-order chi connectivity index (χ1) is 15.8. The maximum absolute atomic E-state index is 6.22. The average molecular weight is 435 g/mol. The Hall–Kier alpha value is -3.14. The van der Waals surface area contributed by atoms with Crippen LogP contribution in [0.5, 0.6) is 5.88 Å². The van der Waals surface area contributed by atoms with E-state index in [-0.39, 0.29) is 6.10 Å². The first-order valence-electron chi connectivity index (χ1n) is 11.0. The van der Waals surface area contributed by atoms with Crippen LogP contribution in [0.15, 0.2) is 47.0 Å². The Morgan fingerprint density at radius 1 is 1.12 bits per heavy atom. The van der Waals surface area contributed by atoms with E-state index < -0.39 is 0 Å². The minimum Gasteiger partial charge on any atom is -0.474 e. The highest BCUT2D eigenvalue weighted by atomic mass is 16.5. The van der Waals surface area contributed by atoms with Crippen LogP contribution in [0.3, 0.4) is 0 Å². The van der Waals surface area contributed by atoms with Crippen molar-refractivity contribution in [2.24, 2.45) is 0 Å². The Balaban J connectivity index is 1.31. The number of hydrogen-bond donors (Lipinski definition) is 1. The summed E-state index contributed by atoms with van der Waals surface area (Å²) in [6.45, 7) is 6.03. The lowest BCUT2D eigenvalue weighted by Gasteiger charge is -2.29. The van der Waals surface area contributed by atoms with E-state index in [1.165, 1.54) is 0 Å². The maximum Gasteiger partial charge on any atom is 0.231 e. The number of imidazole rings is 1. The lowest BCUT2D eigenvalue weighted by Crippen LogP contribution is -2.41. The SMILES string of the molecule is c1cc(N2CCOCC2)c2cc(-c3cnc4ccc(OCC5CNCCO5)nn34)oc2c1. The first-order valence-corrected chi connectivity index (χ1v) is 11.0. The van der Waals surface area contributed by atoms with E-state index in [4.69, 9.17) is 18.6 Å². The van der Waals surface area contributed by atoms with Gasteiger partial charge in [0.05, 0.1) is 26.0 Å². The smallest absolute Gasteiger partial charge is 0.231 e. The molecule has 4 aromatic rings. The molecule has 9 heteroatoms. The van der Waals surface area contributed by atoms with Crippen molar-refractivity contribution in [1.29, 1.82) is 0 Å². The summed E-state index contributed by atoms with van der Waals surface area (Å²) in [4.78, 5) is 6.83. The highest BCUT2D eigenvalue weighted by Gasteiger charge is 2.19. The molecule has 0 spiro atoms. The normalized spacial score (nSPS) is 19.6. The topological polar surface area (TPSA) is 86.3 Å². The van der Waals surface area contributed by atoms with Crippen molar-refractivity contribution in [2.75, 3.05) is 57.5 Å². The summed E-state index contributed by atoms with van der Waals surface area (Å²) in [6.07, 6.45) is 1.81. The molecule has 32 heavy (non-hydrogen) atoms. The molecule has 2 aliphatic rings. The third kappa shape index (κ3) is 3.68. The molecule has 0 amide bonds. The second-order valence-corrected chi connectivity index (χ2v) is 7.99. The largest absolute Gasteiger partial charge is 0.474 e. The highest BCUT2D eigenvalue weighted by Crippen LogP contribution is 2.34. The number of furan rings is 1. The molecular weight excluding hydrogens is 410 g/mol. The predicted octanol–water partition coefficient (Wildman–Crippen LogP) is 2.35. The zero-order valence-corrected chi connectivity index (χ0v) is 17.7. The molecule has 166 valence electrons. The summed E-state index contributed by atoms with van der Waals surface area (Å²) >= 11 is 0. The van der Waals surface area contributed by atoms with Gasteiger partial charge < -0.3 is 28.8 Å². The number of hydrogen-bond acceptors (Lipinski definition) is 8. The summed E-state index contributed by atoms with van der Waals surface area (Å²) in [6, 6.07) is 12.0. The number of ether oxygens (including phenoxy) is 3. The van der Waals surface area contributed by atoms with E-state index in [9.17, 15) is 0 Å². The van der Waals surface area contributed by atoms with E-state index in [1.807, 2.05) is 24.3 Å². The lowest BCUT2D eigenvalue weighted by atomic mass is 10.2. The Bertz CT molecular complexity index is 1220. The van der Waals surface area contributed by atoms with Gasteiger partial charge in [0.2, 0.25) is 5.88 Å². The number of benzene rings is 1. The van der Waals surface area contributed by atoms with Gasteiger partial charge >= 0.3 is 0 Å². The molecule has 6 rings (SSSR count). The van der Waals surface area contributed by atoms with E-state index in [0.717, 1.165) is 73.2 Å². The molecule has 0 radical (unpaired) electrons. The number of rotatable bonds is 5. The summed E-state index contributed by atoms with van der Waals surface area (Å²) in [7, 11) is 0. The molecule has 2 aliphatic heterocycles. The average Bonchev–Trinajstić information content (AvgIpc) is 3.47. The fraction of sp³-hybridized carbons (Fsp3) is 0.391. The Morgan fingerprint density at radius 3 is 2.94 bits per heavy atom.